The maximum Gasteiger partial charge on any atom is 0.0994 e. The number of nitriles is 1. The van der Waals surface area contributed by atoms with Crippen LogP contribution < -0.4 is 4.90 Å². The molecule has 33 heavy (non-hydrogen) atoms. The third-order valence-electron chi connectivity index (χ3n) is 8.13. The fourth-order valence-corrected chi connectivity index (χ4v) is 6.04. The lowest BCUT2D eigenvalue weighted by molar-refractivity contribution is 0.323. The minimum Gasteiger partial charge on any atom is -0.345 e. The molecule has 0 heterocycles. The van der Waals surface area contributed by atoms with Crippen molar-refractivity contribution in [3.63, 3.8) is 0 Å². The van der Waals surface area contributed by atoms with Crippen molar-refractivity contribution in [3.05, 3.63) is 77.0 Å². The maximum atomic E-state index is 9.54. The molecule has 0 atom stereocenters. The van der Waals surface area contributed by atoms with E-state index in [1.165, 1.54) is 85.9 Å². The predicted molar refractivity (Wildman–Crippen MR) is 139 cm³/mol. The second-order valence-electron chi connectivity index (χ2n) is 10.4. The molecule has 0 bridgehead atoms. The number of aryl methyl sites for hydroxylation is 2. The summed E-state index contributed by atoms with van der Waals surface area (Å²) < 4.78 is 0. The summed E-state index contributed by atoms with van der Waals surface area (Å²) in [4.78, 5) is 2.57. The van der Waals surface area contributed by atoms with Crippen LogP contribution in [0.25, 0.3) is 0 Å². The van der Waals surface area contributed by atoms with Gasteiger partial charge in [-0.15, -0.1) is 0 Å². The third kappa shape index (κ3) is 5.70. The number of nitrogens with zero attached hydrogens (tertiary/aromatic N) is 2. The van der Waals surface area contributed by atoms with Gasteiger partial charge in [-0.1, -0.05) is 57.0 Å². The molecule has 0 radical (unpaired) electrons. The van der Waals surface area contributed by atoms with Crippen LogP contribution in [0.4, 0.5) is 5.69 Å². The summed E-state index contributed by atoms with van der Waals surface area (Å²) in [6.45, 7) is 10.0. The van der Waals surface area contributed by atoms with Crippen molar-refractivity contribution in [1.82, 2.24) is 0 Å². The van der Waals surface area contributed by atoms with Crippen LogP contribution in [0.3, 0.4) is 0 Å². The molecule has 2 aromatic carbocycles. The van der Waals surface area contributed by atoms with Crippen LogP contribution in [0.5, 0.6) is 0 Å². The van der Waals surface area contributed by atoms with E-state index in [1.54, 1.807) is 0 Å². The van der Waals surface area contributed by atoms with Crippen molar-refractivity contribution in [2.45, 2.75) is 84.0 Å². The molecular weight excluding hydrogens is 400 g/mol. The highest BCUT2D eigenvalue weighted by molar-refractivity contribution is 5.53. The Kier molecular flexibility index (Phi) is 7.92. The summed E-state index contributed by atoms with van der Waals surface area (Å²) >= 11 is 0. The Bertz CT molecular complexity index is 984. The summed E-state index contributed by atoms with van der Waals surface area (Å²) in [5.74, 6) is 1.93. The Balaban J connectivity index is 1.44. The topological polar surface area (TPSA) is 27.0 Å². The van der Waals surface area contributed by atoms with Crippen LogP contribution in [-0.2, 0) is 6.42 Å². The van der Waals surface area contributed by atoms with Crippen molar-refractivity contribution < 1.29 is 0 Å². The van der Waals surface area contributed by atoms with E-state index < -0.39 is 0 Å². The lowest BCUT2D eigenvalue weighted by Gasteiger charge is -2.38. The number of benzene rings is 2. The summed E-state index contributed by atoms with van der Waals surface area (Å²) in [7, 11) is 0. The number of hydrogen-bond acceptors (Lipinski definition) is 2. The van der Waals surface area contributed by atoms with Crippen LogP contribution in [0.15, 0.2) is 54.7 Å². The fourth-order valence-electron chi connectivity index (χ4n) is 6.04. The Morgan fingerprint density at radius 2 is 1.76 bits per heavy atom. The zero-order valence-electron chi connectivity index (χ0n) is 20.7. The summed E-state index contributed by atoms with van der Waals surface area (Å²) in [6.07, 6.45) is 12.5. The smallest absolute Gasteiger partial charge is 0.0994 e. The van der Waals surface area contributed by atoms with Crippen LogP contribution in [0, 0.1) is 30.1 Å². The van der Waals surface area contributed by atoms with Crippen LogP contribution in [0.1, 0.15) is 92.9 Å². The van der Waals surface area contributed by atoms with E-state index in [9.17, 15) is 5.26 Å². The van der Waals surface area contributed by atoms with Crippen molar-refractivity contribution >= 4 is 5.69 Å². The number of anilines is 1. The van der Waals surface area contributed by atoms with Gasteiger partial charge in [-0.25, -0.2) is 0 Å². The van der Waals surface area contributed by atoms with Crippen molar-refractivity contribution in [3.8, 4) is 6.07 Å². The molecule has 2 heteroatoms. The standard InChI is InChI=1S/C31H40N2/c1-4-26-17-18-29(20-30(26)21-32)28-15-13-25(14-16-28)22-33(31-12-8-9-23(2)19-31)24(3)27-10-6-5-7-11-27/h8-9,12,17-20,25,27-28H,3-7,10-11,13-16,22H2,1-2H3. The summed E-state index contributed by atoms with van der Waals surface area (Å²) in [5, 5.41) is 9.54. The first-order valence-electron chi connectivity index (χ1n) is 13.1. The molecule has 2 fully saturated rings. The molecule has 0 unspecified atom stereocenters. The third-order valence-corrected chi connectivity index (χ3v) is 8.13. The van der Waals surface area contributed by atoms with E-state index >= 15 is 0 Å². The van der Waals surface area contributed by atoms with Crippen LogP contribution in [-0.4, -0.2) is 6.54 Å². The molecule has 4 rings (SSSR count). The lowest BCUT2D eigenvalue weighted by Crippen LogP contribution is -2.33. The van der Waals surface area contributed by atoms with Gasteiger partial charge in [0.1, 0.15) is 0 Å². The van der Waals surface area contributed by atoms with Gasteiger partial charge in [0, 0.05) is 17.9 Å². The number of hydrogen-bond donors (Lipinski definition) is 0. The van der Waals surface area contributed by atoms with Gasteiger partial charge < -0.3 is 4.90 Å². The average Bonchev–Trinajstić information content (AvgIpc) is 2.87. The van der Waals surface area contributed by atoms with Gasteiger partial charge in [-0.3, -0.25) is 0 Å². The highest BCUT2D eigenvalue weighted by atomic mass is 15.1. The minimum atomic E-state index is 0.591. The molecule has 2 aliphatic rings. The monoisotopic (exact) mass is 440 g/mol. The van der Waals surface area contributed by atoms with Crippen molar-refractivity contribution in [1.29, 1.82) is 5.26 Å². The van der Waals surface area contributed by atoms with Crippen LogP contribution >= 0.6 is 0 Å². The number of allylic oxidation sites excluding steroid dienone is 1. The molecular formula is C31H40N2. The molecule has 2 aliphatic carbocycles. The van der Waals surface area contributed by atoms with Gasteiger partial charge in [-0.2, -0.15) is 5.26 Å². The fraction of sp³-hybridized carbons (Fsp3) is 0.516. The first kappa shape index (κ1) is 23.6. The van der Waals surface area contributed by atoms with E-state index in [0.29, 0.717) is 17.8 Å². The minimum absolute atomic E-state index is 0.591. The van der Waals surface area contributed by atoms with E-state index in [2.05, 4.69) is 73.9 Å². The normalized spacial score (nSPS) is 21.4. The van der Waals surface area contributed by atoms with Gasteiger partial charge >= 0.3 is 0 Å². The van der Waals surface area contributed by atoms with E-state index in [1.807, 2.05) is 0 Å². The van der Waals surface area contributed by atoms with Gasteiger partial charge in [0.15, 0.2) is 0 Å². The average molecular weight is 441 g/mol. The van der Waals surface area contributed by atoms with Crippen LogP contribution in [0.2, 0.25) is 0 Å². The molecule has 0 N–H and O–H groups in total. The lowest BCUT2D eigenvalue weighted by atomic mass is 9.77. The molecule has 2 nitrogen and oxygen atoms in total. The van der Waals surface area contributed by atoms with E-state index in [0.717, 1.165) is 18.5 Å². The molecule has 0 amide bonds. The predicted octanol–water partition coefficient (Wildman–Crippen LogP) is 8.30. The largest absolute Gasteiger partial charge is 0.345 e. The van der Waals surface area contributed by atoms with E-state index in [4.69, 9.17) is 0 Å². The Hall–Kier alpha value is -2.53. The number of rotatable bonds is 7. The molecule has 0 spiro atoms. The Morgan fingerprint density at radius 1 is 1.00 bits per heavy atom. The molecule has 0 saturated heterocycles. The second kappa shape index (κ2) is 11.1. The van der Waals surface area contributed by atoms with Gasteiger partial charge in [0.25, 0.3) is 0 Å². The molecule has 0 aromatic heterocycles. The van der Waals surface area contributed by atoms with Crippen molar-refractivity contribution in [2.24, 2.45) is 11.8 Å². The SMILES string of the molecule is C=C(C1CCCCC1)N(CC1CCC(c2ccc(CC)c(C#N)c2)CC1)c1cccc(C)c1. The maximum absolute atomic E-state index is 9.54. The second-order valence-corrected chi connectivity index (χ2v) is 10.4. The van der Waals surface area contributed by atoms with Gasteiger partial charge in [0.2, 0.25) is 0 Å². The zero-order valence-corrected chi connectivity index (χ0v) is 20.7. The molecule has 0 aliphatic heterocycles. The quantitative estimate of drug-likeness (QED) is 0.433. The summed E-state index contributed by atoms with van der Waals surface area (Å²) in [6, 6.07) is 18.0. The van der Waals surface area contributed by atoms with E-state index in [-0.39, 0.29) is 0 Å². The highest BCUT2D eigenvalue weighted by Gasteiger charge is 2.28. The van der Waals surface area contributed by atoms with Gasteiger partial charge in [-0.05, 0) is 105 Å². The highest BCUT2D eigenvalue weighted by Crippen LogP contribution is 2.39. The summed E-state index contributed by atoms with van der Waals surface area (Å²) in [5.41, 5.74) is 7.39. The van der Waals surface area contributed by atoms with Gasteiger partial charge in [0.05, 0.1) is 11.6 Å². The Morgan fingerprint density at radius 3 is 2.42 bits per heavy atom. The molecule has 2 aromatic rings. The Labute approximate surface area is 201 Å². The molecule has 2 saturated carbocycles. The van der Waals surface area contributed by atoms with Crippen molar-refractivity contribution in [2.75, 3.05) is 11.4 Å². The zero-order chi connectivity index (χ0) is 23.2. The molecule has 174 valence electrons. The first-order chi connectivity index (χ1) is 16.1. The first-order valence-corrected chi connectivity index (χ1v) is 13.1.